The maximum atomic E-state index is 12.4. The van der Waals surface area contributed by atoms with Gasteiger partial charge in [-0.15, -0.1) is 0 Å². The molecule has 2 saturated heterocycles. The molecule has 22 heavy (non-hydrogen) atoms. The molecule has 1 aromatic heterocycles. The van der Waals surface area contributed by atoms with Crippen molar-refractivity contribution in [1.82, 2.24) is 19.7 Å². The average Bonchev–Trinajstić information content (AvgIpc) is 2.62. The molecule has 0 saturated carbocycles. The molecule has 2 fully saturated rings. The quantitative estimate of drug-likeness (QED) is 0.748. The zero-order valence-electron chi connectivity index (χ0n) is 12.5. The van der Waals surface area contributed by atoms with Gasteiger partial charge in [0.1, 0.15) is 0 Å². The minimum Gasteiger partial charge on any atom is -0.378 e. The Morgan fingerprint density at radius 1 is 0.864 bits per heavy atom. The van der Waals surface area contributed by atoms with Crippen LogP contribution in [0.25, 0.3) is 0 Å². The van der Waals surface area contributed by atoms with Crippen molar-refractivity contribution < 1.29 is 14.3 Å². The van der Waals surface area contributed by atoms with Gasteiger partial charge in [-0.2, -0.15) is 0 Å². The van der Waals surface area contributed by atoms with Crippen LogP contribution in [0.2, 0.25) is 0 Å². The number of morpholine rings is 1. The van der Waals surface area contributed by atoms with Gasteiger partial charge in [0.05, 0.1) is 13.2 Å². The van der Waals surface area contributed by atoms with Crippen LogP contribution in [0, 0.1) is 0 Å². The van der Waals surface area contributed by atoms with E-state index in [4.69, 9.17) is 4.74 Å². The number of pyridine rings is 1. The third-order valence-corrected chi connectivity index (χ3v) is 4.05. The van der Waals surface area contributed by atoms with Crippen molar-refractivity contribution in [3.8, 4) is 0 Å². The van der Waals surface area contributed by atoms with Gasteiger partial charge < -0.3 is 19.4 Å². The number of nitrogens with zero attached hydrogens (tertiary/aromatic N) is 4. The van der Waals surface area contributed by atoms with Crippen molar-refractivity contribution >= 4 is 11.9 Å². The number of aromatic nitrogens is 1. The zero-order valence-corrected chi connectivity index (χ0v) is 12.5. The number of hydrogen-bond donors (Lipinski definition) is 0. The third kappa shape index (κ3) is 3.19. The van der Waals surface area contributed by atoms with Crippen molar-refractivity contribution in [2.45, 2.75) is 0 Å². The van der Waals surface area contributed by atoms with E-state index in [1.807, 2.05) is 9.80 Å². The number of carbonyl (C=O) groups excluding carboxylic acids is 2. The fraction of sp³-hybridized carbons (Fsp3) is 0.533. The van der Waals surface area contributed by atoms with E-state index in [1.165, 1.54) is 0 Å². The lowest BCUT2D eigenvalue weighted by Gasteiger charge is -2.38. The molecule has 2 aliphatic heterocycles. The lowest BCUT2D eigenvalue weighted by atomic mass is 10.2. The predicted molar refractivity (Wildman–Crippen MR) is 79.5 cm³/mol. The monoisotopic (exact) mass is 304 g/mol. The normalized spacial score (nSPS) is 19.2. The molecule has 0 radical (unpaired) electrons. The lowest BCUT2D eigenvalue weighted by Crippen LogP contribution is -2.55. The summed E-state index contributed by atoms with van der Waals surface area (Å²) in [5.41, 5.74) is 0.642. The molecule has 7 heteroatoms. The van der Waals surface area contributed by atoms with Gasteiger partial charge >= 0.3 is 6.03 Å². The highest BCUT2D eigenvalue weighted by atomic mass is 16.5. The first-order valence-corrected chi connectivity index (χ1v) is 7.56. The first kappa shape index (κ1) is 14.8. The smallest absolute Gasteiger partial charge is 0.320 e. The Labute approximate surface area is 129 Å². The SMILES string of the molecule is O=C(c1ccncc1)N1CCN(C(=O)N2CCOCC2)CC1. The van der Waals surface area contributed by atoms with Crippen LogP contribution >= 0.6 is 0 Å². The second kappa shape index (κ2) is 6.74. The Morgan fingerprint density at radius 3 is 2.05 bits per heavy atom. The molecule has 0 bridgehead atoms. The van der Waals surface area contributed by atoms with E-state index in [2.05, 4.69) is 4.98 Å². The minimum absolute atomic E-state index is 0.000807. The molecule has 118 valence electrons. The first-order chi connectivity index (χ1) is 10.8. The summed E-state index contributed by atoms with van der Waals surface area (Å²) in [6, 6.07) is 3.49. The largest absolute Gasteiger partial charge is 0.378 e. The number of carbonyl (C=O) groups is 2. The maximum absolute atomic E-state index is 12.4. The second-order valence-electron chi connectivity index (χ2n) is 5.40. The van der Waals surface area contributed by atoms with E-state index < -0.39 is 0 Å². The van der Waals surface area contributed by atoms with Gasteiger partial charge in [-0.1, -0.05) is 0 Å². The Morgan fingerprint density at radius 2 is 1.41 bits per heavy atom. The van der Waals surface area contributed by atoms with Gasteiger partial charge in [0.15, 0.2) is 0 Å². The van der Waals surface area contributed by atoms with Gasteiger partial charge in [0, 0.05) is 57.2 Å². The first-order valence-electron chi connectivity index (χ1n) is 7.56. The number of ether oxygens (including phenoxy) is 1. The molecule has 2 aliphatic rings. The molecular weight excluding hydrogens is 284 g/mol. The Kier molecular flexibility index (Phi) is 4.53. The van der Waals surface area contributed by atoms with Gasteiger partial charge in [-0.3, -0.25) is 9.78 Å². The molecule has 0 aliphatic carbocycles. The molecule has 0 N–H and O–H groups in total. The number of rotatable bonds is 1. The fourth-order valence-corrected chi connectivity index (χ4v) is 2.73. The third-order valence-electron chi connectivity index (χ3n) is 4.05. The van der Waals surface area contributed by atoms with Gasteiger partial charge in [0.25, 0.3) is 5.91 Å². The molecule has 0 atom stereocenters. The van der Waals surface area contributed by atoms with Gasteiger partial charge in [0.2, 0.25) is 0 Å². The predicted octanol–water partition coefficient (Wildman–Crippen LogP) is 0.292. The Hall–Kier alpha value is -2.15. The van der Waals surface area contributed by atoms with Crippen LogP contribution in [0.5, 0.6) is 0 Å². The van der Waals surface area contributed by atoms with E-state index in [1.54, 1.807) is 29.4 Å². The Balaban J connectivity index is 1.54. The van der Waals surface area contributed by atoms with Crippen LogP contribution in [-0.4, -0.2) is 84.1 Å². The lowest BCUT2D eigenvalue weighted by molar-refractivity contribution is 0.0362. The number of amides is 3. The van der Waals surface area contributed by atoms with Crippen molar-refractivity contribution in [2.24, 2.45) is 0 Å². The highest BCUT2D eigenvalue weighted by Gasteiger charge is 2.28. The molecule has 0 unspecified atom stereocenters. The van der Waals surface area contributed by atoms with Crippen molar-refractivity contribution in [2.75, 3.05) is 52.5 Å². The topological polar surface area (TPSA) is 66.0 Å². The van der Waals surface area contributed by atoms with E-state index in [9.17, 15) is 9.59 Å². The van der Waals surface area contributed by atoms with Crippen molar-refractivity contribution in [1.29, 1.82) is 0 Å². The number of hydrogen-bond acceptors (Lipinski definition) is 4. The maximum Gasteiger partial charge on any atom is 0.320 e. The molecule has 1 aromatic rings. The molecular formula is C15H20N4O3. The van der Waals surface area contributed by atoms with Crippen LogP contribution in [0.1, 0.15) is 10.4 Å². The number of urea groups is 1. The highest BCUT2D eigenvalue weighted by molar-refractivity contribution is 5.94. The standard InChI is InChI=1S/C15H20N4O3/c20-14(13-1-3-16-4-2-13)17-5-7-18(8-6-17)15(21)19-9-11-22-12-10-19/h1-4H,5-12H2. The summed E-state index contributed by atoms with van der Waals surface area (Å²) in [6.45, 7) is 4.79. The summed E-state index contributed by atoms with van der Waals surface area (Å²) in [5.74, 6) is 0.000807. The minimum atomic E-state index is 0.000807. The molecule has 3 amide bonds. The summed E-state index contributed by atoms with van der Waals surface area (Å²) in [4.78, 5) is 34.1. The summed E-state index contributed by atoms with van der Waals surface area (Å²) >= 11 is 0. The number of piperazine rings is 1. The molecule has 0 aromatic carbocycles. The van der Waals surface area contributed by atoms with Gasteiger partial charge in [-0.05, 0) is 12.1 Å². The molecule has 0 spiro atoms. The summed E-state index contributed by atoms with van der Waals surface area (Å²) < 4.78 is 5.26. The van der Waals surface area contributed by atoms with Crippen LogP contribution in [-0.2, 0) is 4.74 Å². The summed E-state index contributed by atoms with van der Waals surface area (Å²) in [7, 11) is 0. The highest BCUT2D eigenvalue weighted by Crippen LogP contribution is 2.11. The van der Waals surface area contributed by atoms with Gasteiger partial charge in [-0.25, -0.2) is 4.79 Å². The zero-order chi connectivity index (χ0) is 15.4. The van der Waals surface area contributed by atoms with Crippen molar-refractivity contribution in [3.05, 3.63) is 30.1 Å². The van der Waals surface area contributed by atoms with Crippen LogP contribution in [0.15, 0.2) is 24.5 Å². The van der Waals surface area contributed by atoms with Crippen LogP contribution in [0.4, 0.5) is 4.79 Å². The molecule has 3 rings (SSSR count). The van der Waals surface area contributed by atoms with Crippen LogP contribution in [0.3, 0.4) is 0 Å². The average molecular weight is 304 g/mol. The van der Waals surface area contributed by atoms with E-state index >= 15 is 0 Å². The van der Waals surface area contributed by atoms with E-state index in [-0.39, 0.29) is 11.9 Å². The molecule has 3 heterocycles. The second-order valence-corrected chi connectivity index (χ2v) is 5.40. The molecule has 7 nitrogen and oxygen atoms in total. The fourth-order valence-electron chi connectivity index (χ4n) is 2.73. The van der Waals surface area contributed by atoms with E-state index in [0.717, 1.165) is 0 Å². The Bertz CT molecular complexity index is 523. The van der Waals surface area contributed by atoms with Crippen LogP contribution < -0.4 is 0 Å². The van der Waals surface area contributed by atoms with Crippen molar-refractivity contribution in [3.63, 3.8) is 0 Å². The summed E-state index contributed by atoms with van der Waals surface area (Å²) in [5, 5.41) is 0. The van der Waals surface area contributed by atoms with E-state index in [0.29, 0.717) is 58.0 Å². The summed E-state index contributed by atoms with van der Waals surface area (Å²) in [6.07, 6.45) is 3.23.